The quantitative estimate of drug-likeness (QED) is 0.641. The van der Waals surface area contributed by atoms with Crippen molar-refractivity contribution in [2.45, 2.75) is 50.7 Å². The Balaban J connectivity index is 1.71. The van der Waals surface area contributed by atoms with Gasteiger partial charge in [-0.15, -0.1) is 0 Å². The van der Waals surface area contributed by atoms with Crippen LogP contribution in [0.1, 0.15) is 43.2 Å². The number of nitrogens with one attached hydrogen (secondary N) is 2. The molecule has 0 spiro atoms. The van der Waals surface area contributed by atoms with Crippen LogP contribution in [0.3, 0.4) is 0 Å². The molecule has 2 N–H and O–H groups in total. The van der Waals surface area contributed by atoms with Crippen molar-refractivity contribution in [3.8, 4) is 5.75 Å². The maximum absolute atomic E-state index is 13.5. The molecule has 0 radical (unpaired) electrons. The van der Waals surface area contributed by atoms with Crippen LogP contribution < -0.4 is 14.8 Å². The molecule has 1 aromatic heterocycles. The van der Waals surface area contributed by atoms with Crippen molar-refractivity contribution in [2.24, 2.45) is 7.05 Å². The number of halogens is 1. The molecular formula is C23H31FN4O5S. The summed E-state index contributed by atoms with van der Waals surface area (Å²) in [6.07, 6.45) is 1.76. The van der Waals surface area contributed by atoms with E-state index in [-0.39, 0.29) is 23.3 Å². The van der Waals surface area contributed by atoms with E-state index < -0.39 is 28.6 Å². The van der Waals surface area contributed by atoms with Gasteiger partial charge in [0.05, 0.1) is 7.11 Å². The Kier molecular flexibility index (Phi) is 7.67. The Hall–Kier alpha value is -2.92. The van der Waals surface area contributed by atoms with Crippen molar-refractivity contribution < 1.29 is 27.7 Å². The monoisotopic (exact) mass is 494 g/mol. The first kappa shape index (κ1) is 25.7. The molecule has 2 atom stereocenters. The van der Waals surface area contributed by atoms with Crippen molar-refractivity contribution in [2.75, 3.05) is 25.5 Å². The normalized spacial score (nSPS) is 16.9. The third-order valence-electron chi connectivity index (χ3n) is 5.25. The lowest BCUT2D eigenvalue weighted by molar-refractivity contribution is 0.0292. The number of nitrogens with zero attached hydrogens (tertiary/aromatic N) is 2. The average molecular weight is 495 g/mol. The largest absolute Gasteiger partial charge is 0.493 e. The summed E-state index contributed by atoms with van der Waals surface area (Å²) in [5.41, 5.74) is 0.420. The molecule has 2 unspecified atom stereocenters. The molecule has 2 amide bonds. The van der Waals surface area contributed by atoms with Gasteiger partial charge in [0.2, 0.25) is 0 Å². The van der Waals surface area contributed by atoms with Crippen LogP contribution in [0.5, 0.6) is 5.75 Å². The van der Waals surface area contributed by atoms with Gasteiger partial charge < -0.3 is 24.3 Å². The number of aromatic nitrogens is 1. The Morgan fingerprint density at radius 2 is 1.97 bits per heavy atom. The number of likely N-dealkylation sites (tertiary alicyclic amines) is 1. The van der Waals surface area contributed by atoms with Gasteiger partial charge in [-0.05, 0) is 57.9 Å². The molecule has 11 heteroatoms. The molecule has 1 aliphatic heterocycles. The summed E-state index contributed by atoms with van der Waals surface area (Å²) in [5.74, 6) is -0.674. The molecule has 0 saturated carbocycles. The van der Waals surface area contributed by atoms with E-state index in [0.717, 1.165) is 0 Å². The molecule has 2 heterocycles. The van der Waals surface area contributed by atoms with Crippen LogP contribution >= 0.6 is 0 Å². The van der Waals surface area contributed by atoms with Crippen molar-refractivity contribution in [1.29, 1.82) is 0 Å². The van der Waals surface area contributed by atoms with Crippen molar-refractivity contribution in [3.05, 3.63) is 41.5 Å². The Labute approximate surface area is 201 Å². The number of benzene rings is 1. The van der Waals surface area contributed by atoms with Gasteiger partial charge >= 0.3 is 6.09 Å². The third-order valence-corrected chi connectivity index (χ3v) is 6.49. The number of carbonyl (C=O) groups is 2. The molecule has 1 aromatic carbocycles. The lowest BCUT2D eigenvalue weighted by atomic mass is 10.2. The first-order valence-electron chi connectivity index (χ1n) is 10.9. The van der Waals surface area contributed by atoms with Crippen LogP contribution in [0.15, 0.2) is 29.3 Å². The fourth-order valence-corrected chi connectivity index (χ4v) is 4.87. The van der Waals surface area contributed by atoms with E-state index in [4.69, 9.17) is 9.47 Å². The molecule has 1 fully saturated rings. The Morgan fingerprint density at radius 3 is 2.59 bits per heavy atom. The van der Waals surface area contributed by atoms with E-state index in [1.165, 1.54) is 29.9 Å². The number of aryl methyl sites for hydroxylation is 2. The lowest BCUT2D eigenvalue weighted by Gasteiger charge is -2.24. The number of methoxy groups -OCH3 is 1. The summed E-state index contributed by atoms with van der Waals surface area (Å²) < 4.78 is 42.0. The highest BCUT2D eigenvalue weighted by atomic mass is 32.2. The smallest absolute Gasteiger partial charge is 0.410 e. The third kappa shape index (κ3) is 5.95. The minimum absolute atomic E-state index is 0.173. The SMILES string of the molecule is COc1c(S(=O)NC2CCN(C(=O)OC(C)(C)C)C2)cn(C)c1C(=O)Nc1ccc(F)c(C)c1. The van der Waals surface area contributed by atoms with Crippen LogP contribution in [-0.2, 0) is 22.8 Å². The zero-order valence-electron chi connectivity index (χ0n) is 20.2. The number of ether oxygens (including phenoxy) is 2. The Bertz CT molecular complexity index is 1110. The zero-order valence-corrected chi connectivity index (χ0v) is 21.0. The summed E-state index contributed by atoms with van der Waals surface area (Å²) in [6, 6.07) is 4.06. The first-order valence-corrected chi connectivity index (χ1v) is 12.0. The van der Waals surface area contributed by atoms with E-state index in [0.29, 0.717) is 35.7 Å². The Morgan fingerprint density at radius 1 is 1.26 bits per heavy atom. The van der Waals surface area contributed by atoms with E-state index >= 15 is 0 Å². The number of hydrogen-bond acceptors (Lipinski definition) is 5. The summed E-state index contributed by atoms with van der Waals surface area (Å²) in [5, 5.41) is 2.72. The molecule has 3 rings (SSSR count). The van der Waals surface area contributed by atoms with Gasteiger partial charge in [-0.25, -0.2) is 18.1 Å². The molecular weight excluding hydrogens is 463 g/mol. The number of hydrogen-bond donors (Lipinski definition) is 2. The van der Waals surface area contributed by atoms with Crippen LogP contribution in [0.4, 0.5) is 14.9 Å². The van der Waals surface area contributed by atoms with Crippen LogP contribution in [0, 0.1) is 12.7 Å². The number of carbonyl (C=O) groups excluding carboxylic acids is 2. The topological polar surface area (TPSA) is 102 Å². The van der Waals surface area contributed by atoms with Crippen LogP contribution in [0.25, 0.3) is 0 Å². The molecule has 1 aliphatic rings. The predicted octanol–water partition coefficient (Wildman–Crippen LogP) is 3.36. The minimum atomic E-state index is -1.70. The standard InChI is InChI=1S/C23H31FN4O5S/c1-14-11-15(7-8-17(14)24)25-21(29)19-20(32-6)18(13-27(19)5)34(31)26-16-9-10-28(12-16)22(30)33-23(2,3)4/h7-8,11,13,16,26H,9-10,12H2,1-6H3,(H,25,29). The van der Waals surface area contributed by atoms with Gasteiger partial charge in [0.25, 0.3) is 5.91 Å². The minimum Gasteiger partial charge on any atom is -0.493 e. The highest BCUT2D eigenvalue weighted by Gasteiger charge is 2.32. The van der Waals surface area contributed by atoms with Crippen molar-refractivity contribution >= 4 is 28.7 Å². The fraction of sp³-hybridized carbons (Fsp3) is 0.478. The molecule has 2 aromatic rings. The van der Waals surface area contributed by atoms with Gasteiger partial charge in [0.1, 0.15) is 27.3 Å². The highest BCUT2D eigenvalue weighted by molar-refractivity contribution is 7.83. The summed E-state index contributed by atoms with van der Waals surface area (Å²) in [4.78, 5) is 27.1. The maximum Gasteiger partial charge on any atom is 0.410 e. The lowest BCUT2D eigenvalue weighted by Crippen LogP contribution is -2.38. The maximum atomic E-state index is 13.5. The van der Waals surface area contributed by atoms with E-state index in [1.807, 2.05) is 0 Å². The molecule has 0 bridgehead atoms. The van der Waals surface area contributed by atoms with E-state index in [1.54, 1.807) is 45.8 Å². The summed E-state index contributed by atoms with van der Waals surface area (Å²) in [6.45, 7) is 7.86. The first-order chi connectivity index (χ1) is 15.9. The van der Waals surface area contributed by atoms with Crippen molar-refractivity contribution in [3.63, 3.8) is 0 Å². The fourth-order valence-electron chi connectivity index (χ4n) is 3.64. The molecule has 1 saturated heterocycles. The molecule has 34 heavy (non-hydrogen) atoms. The molecule has 186 valence electrons. The highest BCUT2D eigenvalue weighted by Crippen LogP contribution is 2.30. The number of rotatable bonds is 6. The molecule has 9 nitrogen and oxygen atoms in total. The van der Waals surface area contributed by atoms with Gasteiger partial charge in [0.15, 0.2) is 11.4 Å². The van der Waals surface area contributed by atoms with Crippen LogP contribution in [-0.4, -0.2) is 57.5 Å². The summed E-state index contributed by atoms with van der Waals surface area (Å²) >= 11 is 0. The van der Waals surface area contributed by atoms with Crippen LogP contribution in [0.2, 0.25) is 0 Å². The predicted molar refractivity (Wildman–Crippen MR) is 127 cm³/mol. The second-order valence-corrected chi connectivity index (χ2v) is 10.4. The van der Waals surface area contributed by atoms with Gasteiger partial charge in [-0.2, -0.15) is 0 Å². The van der Waals surface area contributed by atoms with Gasteiger partial charge in [-0.1, -0.05) is 0 Å². The van der Waals surface area contributed by atoms with E-state index in [9.17, 15) is 18.2 Å². The van der Waals surface area contributed by atoms with Crippen molar-refractivity contribution in [1.82, 2.24) is 14.2 Å². The second-order valence-electron chi connectivity index (χ2n) is 9.20. The van der Waals surface area contributed by atoms with Gasteiger partial charge in [-0.3, -0.25) is 4.79 Å². The number of anilines is 1. The second kappa shape index (κ2) is 10.1. The number of amides is 2. The summed E-state index contributed by atoms with van der Waals surface area (Å²) in [7, 11) is 1.35. The molecule has 0 aliphatic carbocycles. The zero-order chi connectivity index (χ0) is 25.2. The van der Waals surface area contributed by atoms with Gasteiger partial charge in [0, 0.05) is 38.1 Å². The van der Waals surface area contributed by atoms with E-state index in [2.05, 4.69) is 10.0 Å². The average Bonchev–Trinajstić information content (AvgIpc) is 3.33.